The molecule has 5 heteroatoms. The van der Waals surface area contributed by atoms with Crippen molar-refractivity contribution < 1.29 is 5.11 Å². The highest BCUT2D eigenvalue weighted by molar-refractivity contribution is 6.13. The molecule has 0 aliphatic carbocycles. The van der Waals surface area contributed by atoms with Gasteiger partial charge in [-0.05, 0) is 73.7 Å². The highest BCUT2D eigenvalue weighted by atomic mass is 16.3. The van der Waals surface area contributed by atoms with Gasteiger partial charge in [0.1, 0.15) is 0 Å². The number of nitrogens with zero attached hydrogens (tertiary/aromatic N) is 2. The van der Waals surface area contributed by atoms with Crippen LogP contribution in [0.3, 0.4) is 0 Å². The average molecular weight is 439 g/mol. The lowest BCUT2D eigenvalue weighted by Gasteiger charge is -2.19. The lowest BCUT2D eigenvalue weighted by molar-refractivity contribution is 0.279. The van der Waals surface area contributed by atoms with E-state index in [1.54, 1.807) is 0 Å². The van der Waals surface area contributed by atoms with E-state index in [2.05, 4.69) is 59.3 Å². The number of hydrogen-bond acceptors (Lipinski definition) is 4. The summed E-state index contributed by atoms with van der Waals surface area (Å²) in [5.74, 6) is 0.117. The number of aromatic hydroxyl groups is 1. The fourth-order valence-electron chi connectivity index (χ4n) is 4.80. The Bertz CT molecular complexity index is 1330. The van der Waals surface area contributed by atoms with E-state index in [1.165, 1.54) is 22.3 Å². The molecule has 4 N–H and O–H groups in total. The molecule has 4 aromatic rings. The molecule has 2 heterocycles. The Labute approximate surface area is 194 Å². The number of H-pyrrole nitrogens is 1. The second-order valence-corrected chi connectivity index (χ2v) is 9.07. The molecule has 0 spiro atoms. The zero-order chi connectivity index (χ0) is 22.9. The zero-order valence-corrected chi connectivity index (χ0v) is 19.2. The molecule has 0 amide bonds. The first-order valence-corrected chi connectivity index (χ1v) is 11.5. The van der Waals surface area contributed by atoms with Crippen molar-refractivity contribution in [1.82, 2.24) is 9.88 Å². The molecule has 33 heavy (non-hydrogen) atoms. The van der Waals surface area contributed by atoms with Crippen molar-refractivity contribution in [3.63, 3.8) is 0 Å². The second-order valence-electron chi connectivity index (χ2n) is 9.07. The van der Waals surface area contributed by atoms with Crippen LogP contribution in [0.5, 0.6) is 5.88 Å². The molecule has 1 aromatic heterocycles. The average Bonchev–Trinajstić information content (AvgIpc) is 2.99. The first kappa shape index (κ1) is 21.3. The summed E-state index contributed by atoms with van der Waals surface area (Å²) in [6, 6.07) is 20.8. The van der Waals surface area contributed by atoms with Crippen LogP contribution < -0.4 is 5.73 Å². The van der Waals surface area contributed by atoms with E-state index >= 15 is 0 Å². The lowest BCUT2D eigenvalue weighted by atomic mass is 10.0. The van der Waals surface area contributed by atoms with Gasteiger partial charge in [-0.2, -0.15) is 0 Å². The Kier molecular flexibility index (Phi) is 5.65. The Morgan fingerprint density at radius 3 is 2.55 bits per heavy atom. The molecule has 5 rings (SSSR count). The van der Waals surface area contributed by atoms with E-state index < -0.39 is 0 Å². The summed E-state index contributed by atoms with van der Waals surface area (Å²) in [4.78, 5) is 10.3. The summed E-state index contributed by atoms with van der Waals surface area (Å²) >= 11 is 0. The molecular weight excluding hydrogens is 408 g/mol. The minimum Gasteiger partial charge on any atom is -0.494 e. The number of benzene rings is 3. The lowest BCUT2D eigenvalue weighted by Crippen LogP contribution is -2.25. The molecular formula is C28H30N4O. The van der Waals surface area contributed by atoms with Crippen LogP contribution >= 0.6 is 0 Å². The van der Waals surface area contributed by atoms with Crippen LogP contribution in [0, 0.1) is 6.92 Å². The molecule has 0 atom stereocenters. The van der Waals surface area contributed by atoms with Gasteiger partial charge in [-0.15, -0.1) is 0 Å². The molecule has 0 unspecified atom stereocenters. The van der Waals surface area contributed by atoms with Crippen LogP contribution in [0.4, 0.5) is 11.4 Å². The summed E-state index contributed by atoms with van der Waals surface area (Å²) < 4.78 is 0. The van der Waals surface area contributed by atoms with Gasteiger partial charge >= 0.3 is 0 Å². The molecule has 0 radical (unpaired) electrons. The number of fused-ring (bicyclic) bond motifs is 2. The van der Waals surface area contributed by atoms with Gasteiger partial charge in [0.25, 0.3) is 0 Å². The highest BCUT2D eigenvalue weighted by Gasteiger charge is 2.15. The molecule has 1 aliphatic heterocycles. The molecule has 0 bridgehead atoms. The molecule has 1 aliphatic rings. The van der Waals surface area contributed by atoms with Gasteiger partial charge in [-0.3, -0.25) is 9.89 Å². The maximum atomic E-state index is 10.4. The zero-order valence-electron chi connectivity index (χ0n) is 19.2. The van der Waals surface area contributed by atoms with Gasteiger partial charge in [0.05, 0.1) is 17.0 Å². The maximum Gasteiger partial charge on any atom is 0.198 e. The predicted molar refractivity (Wildman–Crippen MR) is 137 cm³/mol. The number of aryl methyl sites for hydroxylation is 1. The van der Waals surface area contributed by atoms with Crippen molar-refractivity contribution in [1.29, 1.82) is 0 Å². The third kappa shape index (κ3) is 4.50. The van der Waals surface area contributed by atoms with Crippen LogP contribution in [-0.2, 0) is 19.4 Å². The maximum absolute atomic E-state index is 10.4. The van der Waals surface area contributed by atoms with Crippen LogP contribution in [-0.4, -0.2) is 33.8 Å². The van der Waals surface area contributed by atoms with E-state index in [1.807, 2.05) is 25.1 Å². The summed E-state index contributed by atoms with van der Waals surface area (Å²) in [6.07, 6.45) is 2.22. The van der Waals surface area contributed by atoms with Crippen molar-refractivity contribution in [3.05, 3.63) is 88.5 Å². The number of aliphatic imine (C=N–C) groups is 1. The third-order valence-corrected chi connectivity index (χ3v) is 6.56. The first-order valence-electron chi connectivity index (χ1n) is 11.5. The third-order valence-electron chi connectivity index (χ3n) is 6.56. The molecule has 0 saturated carbocycles. The largest absolute Gasteiger partial charge is 0.494 e. The van der Waals surface area contributed by atoms with Crippen molar-refractivity contribution in [2.45, 2.75) is 33.2 Å². The summed E-state index contributed by atoms with van der Waals surface area (Å²) in [5, 5.41) is 11.3. The standard InChI is InChI=1S/C28H30N4O/c1-18-3-6-21-11-13-32(14-12-22(21)15-18)17-20-4-8-24(9-5-20)30-19(2)27-25-16-23(29)7-10-26(25)31-28(27)33/h3-10,15-16,31,33H,11-14,17,29H2,1-2H3. The predicted octanol–water partition coefficient (Wildman–Crippen LogP) is 5.51. The van der Waals surface area contributed by atoms with Crippen LogP contribution in [0.2, 0.25) is 0 Å². The normalized spacial score (nSPS) is 14.9. The Hall–Kier alpha value is -3.57. The number of nitrogens with one attached hydrogen (secondary N) is 1. The summed E-state index contributed by atoms with van der Waals surface area (Å²) in [5.41, 5.74) is 15.4. The van der Waals surface area contributed by atoms with E-state index in [-0.39, 0.29) is 5.88 Å². The van der Waals surface area contributed by atoms with Gasteiger partial charge in [0.15, 0.2) is 5.88 Å². The molecule has 168 valence electrons. The van der Waals surface area contributed by atoms with Gasteiger partial charge in [-0.1, -0.05) is 35.9 Å². The van der Waals surface area contributed by atoms with Crippen molar-refractivity contribution >= 4 is 28.0 Å². The number of aromatic nitrogens is 1. The molecule has 0 fully saturated rings. The van der Waals surface area contributed by atoms with E-state index in [0.717, 1.165) is 54.8 Å². The molecule has 5 nitrogen and oxygen atoms in total. The molecule has 3 aromatic carbocycles. The van der Waals surface area contributed by atoms with E-state index in [9.17, 15) is 5.11 Å². The number of hydrogen-bond donors (Lipinski definition) is 3. The SMILES string of the molecule is CC(=Nc1ccc(CN2CCc3ccc(C)cc3CC2)cc1)c1c(O)[nH]c2ccc(N)cc12. The smallest absolute Gasteiger partial charge is 0.198 e. The minimum atomic E-state index is 0.117. The van der Waals surface area contributed by atoms with Crippen molar-refractivity contribution in [3.8, 4) is 5.88 Å². The number of nitrogens with two attached hydrogens (primary N) is 1. The fraction of sp³-hybridized carbons (Fsp3) is 0.250. The number of nitrogen functional groups attached to an aromatic ring is 1. The van der Waals surface area contributed by atoms with Gasteiger partial charge < -0.3 is 15.8 Å². The van der Waals surface area contributed by atoms with E-state index in [0.29, 0.717) is 11.3 Å². The monoisotopic (exact) mass is 438 g/mol. The Morgan fingerprint density at radius 1 is 1.00 bits per heavy atom. The van der Waals surface area contributed by atoms with Crippen molar-refractivity contribution in [2.75, 3.05) is 18.8 Å². The van der Waals surface area contributed by atoms with Crippen LogP contribution in [0.15, 0.2) is 65.7 Å². The number of aromatic amines is 1. The second kappa shape index (κ2) is 8.75. The molecule has 0 saturated heterocycles. The quantitative estimate of drug-likeness (QED) is 0.291. The Morgan fingerprint density at radius 2 is 1.76 bits per heavy atom. The number of anilines is 1. The van der Waals surface area contributed by atoms with Gasteiger partial charge in [0.2, 0.25) is 0 Å². The van der Waals surface area contributed by atoms with Crippen LogP contribution in [0.1, 0.15) is 34.7 Å². The summed E-state index contributed by atoms with van der Waals surface area (Å²) in [6.45, 7) is 7.19. The first-order chi connectivity index (χ1) is 16.0. The minimum absolute atomic E-state index is 0.117. The van der Waals surface area contributed by atoms with Gasteiger partial charge in [0, 0.05) is 36.2 Å². The number of rotatable bonds is 4. The topological polar surface area (TPSA) is 77.6 Å². The van der Waals surface area contributed by atoms with Crippen molar-refractivity contribution in [2.24, 2.45) is 4.99 Å². The van der Waals surface area contributed by atoms with Crippen LogP contribution in [0.25, 0.3) is 10.9 Å². The van der Waals surface area contributed by atoms with E-state index in [4.69, 9.17) is 10.7 Å². The summed E-state index contributed by atoms with van der Waals surface area (Å²) in [7, 11) is 0. The van der Waals surface area contributed by atoms with Gasteiger partial charge in [-0.25, -0.2) is 0 Å². The Balaban J connectivity index is 1.30. The highest BCUT2D eigenvalue weighted by Crippen LogP contribution is 2.30. The fourth-order valence-corrected chi connectivity index (χ4v) is 4.80.